The van der Waals surface area contributed by atoms with Crippen molar-refractivity contribution in [3.8, 4) is 11.8 Å². The second-order valence-corrected chi connectivity index (χ2v) is 5.74. The van der Waals surface area contributed by atoms with Crippen LogP contribution in [0, 0.1) is 0 Å². The summed E-state index contributed by atoms with van der Waals surface area (Å²) < 4.78 is 13.0. The molecule has 1 heterocycles. The number of nitrogens with zero attached hydrogens (tertiary/aromatic N) is 1. The Bertz CT molecular complexity index is 451. The first-order valence-corrected chi connectivity index (χ1v) is 6.08. The lowest BCUT2D eigenvalue weighted by molar-refractivity contribution is 0.163. The minimum absolute atomic E-state index is 0.171. The van der Waals surface area contributed by atoms with Crippen LogP contribution in [0.3, 0.4) is 0 Å². The van der Waals surface area contributed by atoms with Gasteiger partial charge >= 0.3 is 6.09 Å². The number of aromatic nitrogens is 1. The van der Waals surface area contributed by atoms with Crippen molar-refractivity contribution in [1.82, 2.24) is 4.98 Å². The number of pyridine rings is 1. The van der Waals surface area contributed by atoms with Gasteiger partial charge < -0.3 is 14.2 Å². The average molecular weight is 330 g/mol. The summed E-state index contributed by atoms with van der Waals surface area (Å²) in [6.07, 6.45) is -0.795. The monoisotopic (exact) mass is 328 g/mol. The number of amides is 1. The molecule has 19 heavy (non-hydrogen) atoms. The zero-order valence-electron chi connectivity index (χ0n) is 10.1. The van der Waals surface area contributed by atoms with E-state index in [9.17, 15) is 4.79 Å². The SMILES string of the molecule is COc1ccc(NC(=O)OCC(Cl)(Cl)Cl)c(OC)n1. The van der Waals surface area contributed by atoms with E-state index in [0.29, 0.717) is 11.6 Å². The van der Waals surface area contributed by atoms with Gasteiger partial charge in [-0.25, -0.2) is 4.79 Å². The van der Waals surface area contributed by atoms with Crippen molar-refractivity contribution in [3.63, 3.8) is 0 Å². The molecule has 106 valence electrons. The molecular formula is C10H11Cl3N2O4. The van der Waals surface area contributed by atoms with Gasteiger partial charge in [0.2, 0.25) is 15.6 Å². The Hall–Kier alpha value is -1.11. The van der Waals surface area contributed by atoms with Gasteiger partial charge in [-0.05, 0) is 6.07 Å². The average Bonchev–Trinajstić information content (AvgIpc) is 2.36. The highest BCUT2D eigenvalue weighted by atomic mass is 35.6. The van der Waals surface area contributed by atoms with E-state index in [4.69, 9.17) is 49.0 Å². The maximum atomic E-state index is 11.5. The number of nitrogens with one attached hydrogen (secondary N) is 1. The van der Waals surface area contributed by atoms with Crippen LogP contribution in [-0.4, -0.2) is 35.7 Å². The molecule has 0 spiro atoms. The molecule has 0 unspecified atom stereocenters. The van der Waals surface area contributed by atoms with Gasteiger partial charge in [0.15, 0.2) is 0 Å². The standard InChI is InChI=1S/C10H11Cl3N2O4/c1-17-7-4-3-6(8(15-7)18-2)14-9(16)19-5-10(11,12)13/h3-4H,5H2,1-2H3,(H,14,16). The Kier molecular flexibility index (Phi) is 5.78. The molecule has 1 aromatic heterocycles. The van der Waals surface area contributed by atoms with Crippen LogP contribution in [0.1, 0.15) is 0 Å². The van der Waals surface area contributed by atoms with Crippen molar-refractivity contribution >= 4 is 46.6 Å². The summed E-state index contributed by atoms with van der Waals surface area (Å²) in [5.41, 5.74) is 0.303. The number of carbonyl (C=O) groups excluding carboxylic acids is 1. The third kappa shape index (κ3) is 5.59. The van der Waals surface area contributed by atoms with E-state index in [1.807, 2.05) is 0 Å². The van der Waals surface area contributed by atoms with Gasteiger partial charge in [0.05, 0.1) is 14.2 Å². The molecule has 0 aliphatic carbocycles. The molecule has 1 aromatic rings. The first-order valence-electron chi connectivity index (χ1n) is 4.95. The largest absolute Gasteiger partial charge is 0.481 e. The number of methoxy groups -OCH3 is 2. The third-order valence-electron chi connectivity index (χ3n) is 1.84. The fourth-order valence-corrected chi connectivity index (χ4v) is 1.24. The normalized spacial score (nSPS) is 10.8. The summed E-state index contributed by atoms with van der Waals surface area (Å²) in [4.78, 5) is 15.4. The number of halogens is 3. The number of alkyl halides is 3. The first-order chi connectivity index (χ1) is 8.85. The molecule has 0 radical (unpaired) electrons. The van der Waals surface area contributed by atoms with Gasteiger partial charge in [0, 0.05) is 6.07 Å². The molecule has 1 rings (SSSR count). The number of rotatable bonds is 4. The highest BCUT2D eigenvalue weighted by molar-refractivity contribution is 6.67. The van der Waals surface area contributed by atoms with E-state index in [1.54, 1.807) is 12.1 Å². The van der Waals surface area contributed by atoms with Crippen LogP contribution in [-0.2, 0) is 4.74 Å². The Morgan fingerprint density at radius 2 is 2.00 bits per heavy atom. The minimum atomic E-state index is -1.67. The molecule has 1 amide bonds. The summed E-state index contributed by atoms with van der Waals surface area (Å²) >= 11 is 16.4. The van der Waals surface area contributed by atoms with Crippen LogP contribution in [0.4, 0.5) is 10.5 Å². The zero-order valence-corrected chi connectivity index (χ0v) is 12.3. The smallest absolute Gasteiger partial charge is 0.411 e. The number of hydrogen-bond donors (Lipinski definition) is 1. The predicted molar refractivity (Wildman–Crippen MR) is 72.6 cm³/mol. The molecule has 0 aromatic carbocycles. The second kappa shape index (κ2) is 6.88. The van der Waals surface area contributed by atoms with Crippen molar-refractivity contribution in [2.24, 2.45) is 0 Å². The van der Waals surface area contributed by atoms with Crippen LogP contribution >= 0.6 is 34.8 Å². The topological polar surface area (TPSA) is 69.7 Å². The van der Waals surface area contributed by atoms with Gasteiger partial charge in [-0.3, -0.25) is 5.32 Å². The van der Waals surface area contributed by atoms with Gasteiger partial charge in [0.25, 0.3) is 0 Å². The predicted octanol–water partition coefficient (Wildman–Crippen LogP) is 3.02. The summed E-state index contributed by atoms with van der Waals surface area (Å²) in [6.45, 7) is -0.380. The second-order valence-electron chi connectivity index (χ2n) is 3.23. The Balaban J connectivity index is 2.68. The maximum absolute atomic E-state index is 11.5. The fraction of sp³-hybridized carbons (Fsp3) is 0.400. The van der Waals surface area contributed by atoms with Crippen molar-refractivity contribution in [1.29, 1.82) is 0 Å². The van der Waals surface area contributed by atoms with E-state index >= 15 is 0 Å². The summed E-state index contributed by atoms with van der Waals surface area (Å²) in [7, 11) is 2.86. The van der Waals surface area contributed by atoms with Crippen LogP contribution in [0.2, 0.25) is 0 Å². The number of anilines is 1. The Morgan fingerprint density at radius 3 is 2.53 bits per heavy atom. The zero-order chi connectivity index (χ0) is 14.5. The molecule has 0 fully saturated rings. The van der Waals surface area contributed by atoms with E-state index in [1.165, 1.54) is 14.2 Å². The van der Waals surface area contributed by atoms with Crippen LogP contribution in [0.15, 0.2) is 12.1 Å². The molecule has 0 aliphatic heterocycles. The van der Waals surface area contributed by atoms with Crippen molar-refractivity contribution in [3.05, 3.63) is 12.1 Å². The molecular weight excluding hydrogens is 318 g/mol. The van der Waals surface area contributed by atoms with Gasteiger partial charge in [-0.15, -0.1) is 0 Å². The van der Waals surface area contributed by atoms with Crippen LogP contribution in [0.5, 0.6) is 11.8 Å². The van der Waals surface area contributed by atoms with E-state index in [-0.39, 0.29) is 12.5 Å². The molecule has 6 nitrogen and oxygen atoms in total. The minimum Gasteiger partial charge on any atom is -0.481 e. The van der Waals surface area contributed by atoms with Crippen LogP contribution < -0.4 is 14.8 Å². The molecule has 0 bridgehead atoms. The summed E-state index contributed by atoms with van der Waals surface area (Å²) in [5.74, 6) is 0.516. The summed E-state index contributed by atoms with van der Waals surface area (Å²) in [5, 5.41) is 2.41. The first kappa shape index (κ1) is 15.9. The number of ether oxygens (including phenoxy) is 3. The lowest BCUT2D eigenvalue weighted by Crippen LogP contribution is -2.21. The molecule has 0 saturated heterocycles. The Labute approximate surface area is 124 Å². The fourth-order valence-electron chi connectivity index (χ4n) is 1.08. The molecule has 1 N–H and O–H groups in total. The van der Waals surface area contributed by atoms with Crippen molar-refractivity contribution < 1.29 is 19.0 Å². The maximum Gasteiger partial charge on any atom is 0.411 e. The van der Waals surface area contributed by atoms with E-state index < -0.39 is 9.89 Å². The quantitative estimate of drug-likeness (QED) is 0.860. The number of hydrogen-bond acceptors (Lipinski definition) is 5. The third-order valence-corrected chi connectivity index (χ3v) is 2.17. The number of carbonyl (C=O) groups is 1. The highest BCUT2D eigenvalue weighted by Gasteiger charge is 2.22. The lowest BCUT2D eigenvalue weighted by atomic mass is 10.4. The van der Waals surface area contributed by atoms with Gasteiger partial charge in [0.1, 0.15) is 12.3 Å². The lowest BCUT2D eigenvalue weighted by Gasteiger charge is -2.13. The van der Waals surface area contributed by atoms with Crippen LogP contribution in [0.25, 0.3) is 0 Å². The Morgan fingerprint density at radius 1 is 1.32 bits per heavy atom. The van der Waals surface area contributed by atoms with Crippen molar-refractivity contribution in [2.45, 2.75) is 3.79 Å². The summed E-state index contributed by atoms with van der Waals surface area (Å²) in [6, 6.07) is 3.09. The van der Waals surface area contributed by atoms with E-state index in [0.717, 1.165) is 0 Å². The molecule has 0 saturated carbocycles. The van der Waals surface area contributed by atoms with E-state index in [2.05, 4.69) is 10.3 Å². The molecule has 9 heteroatoms. The highest BCUT2D eigenvalue weighted by Crippen LogP contribution is 2.27. The van der Waals surface area contributed by atoms with Crippen molar-refractivity contribution in [2.75, 3.05) is 26.1 Å². The van der Waals surface area contributed by atoms with Gasteiger partial charge in [-0.2, -0.15) is 4.98 Å². The van der Waals surface area contributed by atoms with Gasteiger partial charge in [-0.1, -0.05) is 34.8 Å². The molecule has 0 aliphatic rings. The molecule has 0 atom stereocenters.